The van der Waals surface area contributed by atoms with E-state index in [-0.39, 0.29) is 24.0 Å². The third kappa shape index (κ3) is 3.42. The van der Waals surface area contributed by atoms with Gasteiger partial charge in [-0.1, -0.05) is 17.7 Å². The number of hydrogen-bond acceptors (Lipinski definition) is 5. The summed E-state index contributed by atoms with van der Waals surface area (Å²) in [4.78, 5) is 47.9. The highest BCUT2D eigenvalue weighted by Crippen LogP contribution is 2.29. The van der Waals surface area contributed by atoms with Crippen LogP contribution in [0.15, 0.2) is 22.8 Å². The van der Waals surface area contributed by atoms with Crippen LogP contribution < -0.4 is 10.6 Å². The number of nitrogens with one attached hydrogen (secondary N) is 2. The molecule has 2 rings (SSSR count). The average Bonchev–Trinajstić information content (AvgIpc) is 2.70. The minimum atomic E-state index is -0.957. The molecule has 2 heterocycles. The monoisotopic (exact) mass is 327 g/mol. The van der Waals surface area contributed by atoms with E-state index in [1.165, 1.54) is 6.08 Å². The molecule has 2 aliphatic heterocycles. The second-order valence-electron chi connectivity index (χ2n) is 4.67. The summed E-state index contributed by atoms with van der Waals surface area (Å²) in [6.07, 6.45) is 1.70. The smallest absolute Gasteiger partial charge is 0.263 e. The van der Waals surface area contributed by atoms with Crippen molar-refractivity contribution in [2.24, 2.45) is 0 Å². The molecule has 22 heavy (non-hydrogen) atoms. The molecule has 0 radical (unpaired) electrons. The minimum absolute atomic E-state index is 0.0684. The summed E-state index contributed by atoms with van der Waals surface area (Å²) in [6, 6.07) is -0.957. The average molecular weight is 328 g/mol. The first-order valence-corrected chi connectivity index (χ1v) is 7.13. The van der Waals surface area contributed by atoms with Crippen LogP contribution >= 0.6 is 11.6 Å². The summed E-state index contributed by atoms with van der Waals surface area (Å²) in [6.45, 7) is 1.61. The van der Waals surface area contributed by atoms with Crippen molar-refractivity contribution in [1.82, 2.24) is 15.5 Å². The molecule has 0 aromatic rings. The molecule has 2 aliphatic rings. The molecule has 2 N–H and O–H groups in total. The number of carbonyl (C=O) groups excluding carboxylic acids is 4. The highest BCUT2D eigenvalue weighted by atomic mass is 35.5. The number of allylic oxidation sites excluding steroid dienone is 1. The largest absolute Gasteiger partial charge is 0.323 e. The predicted molar refractivity (Wildman–Crippen MR) is 80.7 cm³/mol. The molecule has 0 aromatic carbocycles. The number of carbonyl (C=O) groups is 4. The SMILES string of the molecule is C/C=C1/C(=O)N(C2CCC(=O)NC2=O)C(=O)/C1=C/Cl.CNC. The molecule has 0 saturated carbocycles. The van der Waals surface area contributed by atoms with Gasteiger partial charge in [0.05, 0.1) is 5.57 Å². The van der Waals surface area contributed by atoms with Gasteiger partial charge in [-0.3, -0.25) is 29.4 Å². The van der Waals surface area contributed by atoms with Gasteiger partial charge in [-0.15, -0.1) is 0 Å². The number of hydrogen-bond donors (Lipinski definition) is 2. The summed E-state index contributed by atoms with van der Waals surface area (Å²) < 4.78 is 0. The molecule has 1 atom stereocenters. The van der Waals surface area contributed by atoms with Gasteiger partial charge < -0.3 is 5.32 Å². The van der Waals surface area contributed by atoms with Gasteiger partial charge in [0.2, 0.25) is 11.8 Å². The molecule has 0 bridgehead atoms. The van der Waals surface area contributed by atoms with Gasteiger partial charge in [0, 0.05) is 17.5 Å². The van der Waals surface area contributed by atoms with Crippen LogP contribution in [-0.4, -0.2) is 48.7 Å². The first kappa shape index (κ1) is 18.1. The molecule has 2 saturated heterocycles. The second kappa shape index (κ2) is 7.86. The summed E-state index contributed by atoms with van der Waals surface area (Å²) in [5.41, 5.74) is 1.27. The Bertz CT molecular complexity index is 538. The predicted octanol–water partition coefficient (Wildman–Crippen LogP) is 0.0650. The fourth-order valence-corrected chi connectivity index (χ4v) is 2.39. The van der Waals surface area contributed by atoms with Gasteiger partial charge in [-0.05, 0) is 27.4 Å². The van der Waals surface area contributed by atoms with E-state index in [1.807, 2.05) is 14.1 Å². The molecular weight excluding hydrogens is 310 g/mol. The highest BCUT2D eigenvalue weighted by Gasteiger charge is 2.46. The van der Waals surface area contributed by atoms with E-state index >= 15 is 0 Å². The molecule has 0 aromatic heterocycles. The van der Waals surface area contributed by atoms with Crippen molar-refractivity contribution in [3.05, 3.63) is 22.8 Å². The fraction of sp³-hybridized carbons (Fsp3) is 0.429. The van der Waals surface area contributed by atoms with Crippen molar-refractivity contribution in [3.8, 4) is 0 Å². The number of rotatable bonds is 1. The Morgan fingerprint density at radius 1 is 1.18 bits per heavy atom. The van der Waals surface area contributed by atoms with Gasteiger partial charge in [0.15, 0.2) is 0 Å². The second-order valence-corrected chi connectivity index (χ2v) is 4.89. The minimum Gasteiger partial charge on any atom is -0.323 e. The van der Waals surface area contributed by atoms with Gasteiger partial charge >= 0.3 is 0 Å². The molecule has 4 amide bonds. The lowest BCUT2D eigenvalue weighted by Crippen LogP contribution is -2.54. The summed E-state index contributed by atoms with van der Waals surface area (Å²) in [5.74, 6) is -2.21. The lowest BCUT2D eigenvalue weighted by molar-refractivity contribution is -0.149. The number of halogens is 1. The lowest BCUT2D eigenvalue weighted by atomic mass is 10.0. The molecule has 0 aliphatic carbocycles. The first-order chi connectivity index (χ1) is 10.4. The maximum Gasteiger partial charge on any atom is 0.263 e. The maximum atomic E-state index is 12.1. The fourth-order valence-electron chi connectivity index (χ4n) is 2.18. The van der Waals surface area contributed by atoms with Gasteiger partial charge in [0.1, 0.15) is 6.04 Å². The molecule has 7 nitrogen and oxygen atoms in total. The zero-order chi connectivity index (χ0) is 16.9. The van der Waals surface area contributed by atoms with E-state index in [0.717, 1.165) is 10.4 Å². The van der Waals surface area contributed by atoms with Crippen LogP contribution in [-0.2, 0) is 19.2 Å². The van der Waals surface area contributed by atoms with Crippen LogP contribution in [0.2, 0.25) is 0 Å². The van der Waals surface area contributed by atoms with Crippen LogP contribution in [0.25, 0.3) is 0 Å². The standard InChI is InChI=1S/C12H11ClN2O4.C2H7N/c1-2-6-7(5-13)12(19)15(11(6)18)8-3-4-9(16)14-10(8)17;1-3-2/h2,5,8H,3-4H2,1H3,(H,14,16,17);3H,1-2H3/b6-2+,7-5+;. The van der Waals surface area contributed by atoms with E-state index in [1.54, 1.807) is 6.92 Å². The number of nitrogens with zero attached hydrogens (tertiary/aromatic N) is 1. The van der Waals surface area contributed by atoms with Gasteiger partial charge in [-0.2, -0.15) is 0 Å². The van der Waals surface area contributed by atoms with Crippen molar-refractivity contribution < 1.29 is 19.2 Å². The molecular formula is C14H18ClN3O4. The van der Waals surface area contributed by atoms with Crippen molar-refractivity contribution >= 4 is 35.2 Å². The van der Waals surface area contributed by atoms with Gasteiger partial charge in [0.25, 0.3) is 11.8 Å². The Morgan fingerprint density at radius 2 is 1.73 bits per heavy atom. The van der Waals surface area contributed by atoms with E-state index in [4.69, 9.17) is 11.6 Å². The van der Waals surface area contributed by atoms with E-state index in [9.17, 15) is 19.2 Å². The Labute approximate surface area is 133 Å². The topological polar surface area (TPSA) is 95.6 Å². The van der Waals surface area contributed by atoms with Crippen LogP contribution in [0.1, 0.15) is 19.8 Å². The number of imide groups is 2. The third-order valence-electron chi connectivity index (χ3n) is 3.11. The Morgan fingerprint density at radius 3 is 2.14 bits per heavy atom. The van der Waals surface area contributed by atoms with E-state index in [0.29, 0.717) is 0 Å². The van der Waals surface area contributed by atoms with Crippen molar-refractivity contribution in [1.29, 1.82) is 0 Å². The van der Waals surface area contributed by atoms with Crippen molar-refractivity contribution in [2.45, 2.75) is 25.8 Å². The van der Waals surface area contributed by atoms with Crippen molar-refractivity contribution in [3.63, 3.8) is 0 Å². The summed E-state index contributed by atoms with van der Waals surface area (Å²) >= 11 is 5.55. The number of likely N-dealkylation sites (tertiary alicyclic amines) is 1. The summed E-state index contributed by atoms with van der Waals surface area (Å²) in [7, 11) is 3.75. The normalized spacial score (nSPS) is 25.5. The zero-order valence-corrected chi connectivity index (χ0v) is 13.4. The number of piperidine rings is 1. The Kier molecular flexibility index (Phi) is 6.45. The maximum absolute atomic E-state index is 12.1. The molecule has 1 unspecified atom stereocenters. The molecule has 8 heteroatoms. The van der Waals surface area contributed by atoms with Crippen LogP contribution in [0.4, 0.5) is 0 Å². The van der Waals surface area contributed by atoms with E-state index < -0.39 is 29.7 Å². The van der Waals surface area contributed by atoms with E-state index in [2.05, 4.69) is 10.6 Å². The highest BCUT2D eigenvalue weighted by molar-refractivity contribution is 6.33. The number of amides is 4. The van der Waals surface area contributed by atoms with Gasteiger partial charge in [-0.25, -0.2) is 0 Å². The Balaban J connectivity index is 0.000000745. The quantitative estimate of drug-likeness (QED) is 0.525. The van der Waals surface area contributed by atoms with Crippen LogP contribution in [0.5, 0.6) is 0 Å². The Hall–Kier alpha value is -1.99. The van der Waals surface area contributed by atoms with Crippen LogP contribution in [0.3, 0.4) is 0 Å². The first-order valence-electron chi connectivity index (χ1n) is 6.70. The van der Waals surface area contributed by atoms with Crippen molar-refractivity contribution in [2.75, 3.05) is 14.1 Å². The molecule has 2 fully saturated rings. The lowest BCUT2D eigenvalue weighted by Gasteiger charge is -2.27. The summed E-state index contributed by atoms with van der Waals surface area (Å²) in [5, 5.41) is 4.87. The molecule has 120 valence electrons. The third-order valence-corrected chi connectivity index (χ3v) is 3.33. The van der Waals surface area contributed by atoms with Crippen LogP contribution in [0, 0.1) is 0 Å². The zero-order valence-electron chi connectivity index (χ0n) is 12.6. The molecule has 0 spiro atoms.